The van der Waals surface area contributed by atoms with E-state index in [4.69, 9.17) is 0 Å². The van der Waals surface area contributed by atoms with Crippen LogP contribution in [0.15, 0.2) is 56.3 Å². The highest BCUT2D eigenvalue weighted by Crippen LogP contribution is 2.32. The zero-order valence-electron chi connectivity index (χ0n) is 14.8. The van der Waals surface area contributed by atoms with Crippen LogP contribution in [-0.4, -0.2) is 36.8 Å². The number of nitriles is 1. The highest BCUT2D eigenvalue weighted by atomic mass is 79.9. The molecule has 0 aliphatic carbocycles. The number of hydrogen-bond acceptors (Lipinski definition) is 4. The van der Waals surface area contributed by atoms with Gasteiger partial charge in [0.1, 0.15) is 0 Å². The molecule has 27 heavy (non-hydrogen) atoms. The van der Waals surface area contributed by atoms with Crippen molar-refractivity contribution in [3.05, 3.63) is 62.5 Å². The van der Waals surface area contributed by atoms with Crippen molar-refractivity contribution < 1.29 is 8.42 Å². The first kappa shape index (κ1) is 20.3. The summed E-state index contributed by atoms with van der Waals surface area (Å²) in [5.41, 5.74) is 2.00. The predicted octanol–water partition coefficient (Wildman–Crippen LogP) is 4.27. The van der Waals surface area contributed by atoms with Gasteiger partial charge in [-0.05, 0) is 58.6 Å². The van der Waals surface area contributed by atoms with Crippen LogP contribution in [-0.2, 0) is 16.6 Å². The predicted molar refractivity (Wildman–Crippen MR) is 111 cm³/mol. The summed E-state index contributed by atoms with van der Waals surface area (Å²) in [5.74, 6) is 0. The minimum absolute atomic E-state index is 0.223. The number of sulfonamides is 1. The standard InChI is InChI=1S/C19H19Br2N3O2S/c1-14-4-2-3-5-15(14)11-24(17-8-9-23(12-17)13-22)27(25,26)19-10-16(20)6-7-18(19)21/h2-7,10,17H,8-9,11-12H2,1H3/t17-/m1/s1. The van der Waals surface area contributed by atoms with Crippen molar-refractivity contribution in [1.82, 2.24) is 9.21 Å². The Morgan fingerprint density at radius 3 is 2.67 bits per heavy atom. The van der Waals surface area contributed by atoms with Crippen LogP contribution in [0.2, 0.25) is 0 Å². The van der Waals surface area contributed by atoms with E-state index in [2.05, 4.69) is 38.1 Å². The number of hydrogen-bond donors (Lipinski definition) is 0. The van der Waals surface area contributed by atoms with Crippen molar-refractivity contribution in [2.45, 2.75) is 30.8 Å². The molecule has 0 bridgehead atoms. The number of halogens is 2. The van der Waals surface area contributed by atoms with E-state index < -0.39 is 10.0 Å². The summed E-state index contributed by atoms with van der Waals surface area (Å²) in [6, 6.07) is 12.7. The highest BCUT2D eigenvalue weighted by Gasteiger charge is 2.37. The number of benzene rings is 2. The second-order valence-corrected chi connectivity index (χ2v) is 10.2. The summed E-state index contributed by atoms with van der Waals surface area (Å²) in [5, 5.41) is 9.19. The Morgan fingerprint density at radius 1 is 1.26 bits per heavy atom. The lowest BCUT2D eigenvalue weighted by molar-refractivity contribution is 0.313. The van der Waals surface area contributed by atoms with E-state index in [0.29, 0.717) is 28.5 Å². The van der Waals surface area contributed by atoms with E-state index >= 15 is 0 Å². The van der Waals surface area contributed by atoms with Crippen LogP contribution < -0.4 is 0 Å². The fraction of sp³-hybridized carbons (Fsp3) is 0.316. The Kier molecular flexibility index (Phi) is 6.26. The lowest BCUT2D eigenvalue weighted by atomic mass is 10.1. The largest absolute Gasteiger partial charge is 0.309 e. The molecule has 2 aromatic rings. The Bertz CT molecular complexity index is 989. The van der Waals surface area contributed by atoms with Gasteiger partial charge in [0.2, 0.25) is 10.0 Å². The molecule has 1 fully saturated rings. The second-order valence-electron chi connectivity index (χ2n) is 6.54. The zero-order chi connectivity index (χ0) is 19.6. The summed E-state index contributed by atoms with van der Waals surface area (Å²) >= 11 is 6.74. The maximum absolute atomic E-state index is 13.6. The van der Waals surface area contributed by atoms with Crippen molar-refractivity contribution in [2.24, 2.45) is 0 Å². The lowest BCUT2D eigenvalue weighted by Gasteiger charge is -2.29. The van der Waals surface area contributed by atoms with Gasteiger partial charge in [-0.15, -0.1) is 0 Å². The van der Waals surface area contributed by atoms with E-state index in [0.717, 1.165) is 11.1 Å². The highest BCUT2D eigenvalue weighted by molar-refractivity contribution is 9.11. The molecular formula is C19H19Br2N3O2S. The fourth-order valence-corrected chi connectivity index (χ4v) is 6.32. The maximum atomic E-state index is 13.6. The molecule has 0 radical (unpaired) electrons. The third kappa shape index (κ3) is 4.37. The fourth-order valence-electron chi connectivity index (χ4n) is 3.23. The Labute approximate surface area is 176 Å². The first-order valence-corrected chi connectivity index (χ1v) is 11.5. The first-order valence-electron chi connectivity index (χ1n) is 8.49. The molecule has 0 aromatic heterocycles. The zero-order valence-corrected chi connectivity index (χ0v) is 18.8. The third-order valence-corrected chi connectivity index (χ3v) is 8.16. The van der Waals surface area contributed by atoms with Gasteiger partial charge in [0, 0.05) is 34.6 Å². The SMILES string of the molecule is Cc1ccccc1CN([C@@H]1CCN(C#N)C1)S(=O)(=O)c1cc(Br)ccc1Br. The molecule has 1 heterocycles. The van der Waals surface area contributed by atoms with Gasteiger partial charge in [-0.3, -0.25) is 0 Å². The van der Waals surface area contributed by atoms with Crippen molar-refractivity contribution in [1.29, 1.82) is 5.26 Å². The molecule has 1 aliphatic rings. The van der Waals surface area contributed by atoms with Crippen molar-refractivity contribution in [3.63, 3.8) is 0 Å². The van der Waals surface area contributed by atoms with E-state index in [-0.39, 0.29) is 17.5 Å². The van der Waals surface area contributed by atoms with Gasteiger partial charge in [0.15, 0.2) is 6.19 Å². The quantitative estimate of drug-likeness (QED) is 0.561. The molecule has 8 heteroatoms. The van der Waals surface area contributed by atoms with E-state index in [1.807, 2.05) is 31.2 Å². The van der Waals surface area contributed by atoms with E-state index in [1.54, 1.807) is 27.4 Å². The van der Waals surface area contributed by atoms with Crippen molar-refractivity contribution >= 4 is 41.9 Å². The molecule has 5 nitrogen and oxygen atoms in total. The molecule has 142 valence electrons. The minimum atomic E-state index is -3.76. The molecule has 0 spiro atoms. The van der Waals surface area contributed by atoms with Crippen LogP contribution >= 0.6 is 31.9 Å². The molecule has 1 aliphatic heterocycles. The molecule has 0 saturated carbocycles. The maximum Gasteiger partial charge on any atom is 0.244 e. The van der Waals surface area contributed by atoms with Crippen LogP contribution in [0.1, 0.15) is 17.5 Å². The van der Waals surface area contributed by atoms with E-state index in [1.165, 1.54) is 0 Å². The normalized spacial score (nSPS) is 17.3. The molecule has 1 atom stereocenters. The molecule has 0 N–H and O–H groups in total. The Morgan fingerprint density at radius 2 is 2.00 bits per heavy atom. The minimum Gasteiger partial charge on any atom is -0.309 e. The van der Waals surface area contributed by atoms with Crippen LogP contribution in [0, 0.1) is 18.4 Å². The average Bonchev–Trinajstić information content (AvgIpc) is 3.11. The van der Waals surface area contributed by atoms with Gasteiger partial charge in [-0.2, -0.15) is 9.57 Å². The average molecular weight is 513 g/mol. The summed E-state index contributed by atoms with van der Waals surface area (Å²) in [4.78, 5) is 1.84. The van der Waals surface area contributed by atoms with Gasteiger partial charge in [0.25, 0.3) is 0 Å². The summed E-state index contributed by atoms with van der Waals surface area (Å²) in [6.07, 6.45) is 2.76. The molecule has 2 aromatic carbocycles. The van der Waals surface area contributed by atoms with Gasteiger partial charge in [0.05, 0.1) is 4.90 Å². The Balaban J connectivity index is 2.05. The Hall–Kier alpha value is -1.40. The summed E-state index contributed by atoms with van der Waals surface area (Å²) in [7, 11) is -3.76. The monoisotopic (exact) mass is 511 g/mol. The van der Waals surface area contributed by atoms with Gasteiger partial charge < -0.3 is 4.90 Å². The van der Waals surface area contributed by atoms with Crippen LogP contribution in [0.3, 0.4) is 0 Å². The summed E-state index contributed by atoms with van der Waals surface area (Å²) in [6.45, 7) is 3.23. The molecular weight excluding hydrogens is 494 g/mol. The molecule has 0 amide bonds. The van der Waals surface area contributed by atoms with Crippen LogP contribution in [0.25, 0.3) is 0 Å². The van der Waals surface area contributed by atoms with Gasteiger partial charge in [-0.1, -0.05) is 40.2 Å². The smallest absolute Gasteiger partial charge is 0.244 e. The number of aryl methyl sites for hydroxylation is 1. The third-order valence-electron chi connectivity index (χ3n) is 4.78. The van der Waals surface area contributed by atoms with E-state index in [9.17, 15) is 13.7 Å². The lowest BCUT2D eigenvalue weighted by Crippen LogP contribution is -2.41. The number of likely N-dealkylation sites (tertiary alicyclic amines) is 1. The molecule has 1 saturated heterocycles. The summed E-state index contributed by atoms with van der Waals surface area (Å²) < 4.78 is 29.9. The van der Waals surface area contributed by atoms with Crippen molar-refractivity contribution in [2.75, 3.05) is 13.1 Å². The second kappa shape index (κ2) is 8.31. The topological polar surface area (TPSA) is 64.4 Å². The van der Waals surface area contributed by atoms with Crippen LogP contribution in [0.4, 0.5) is 0 Å². The first-order chi connectivity index (χ1) is 12.8. The van der Waals surface area contributed by atoms with Crippen LogP contribution in [0.5, 0.6) is 0 Å². The molecule has 0 unspecified atom stereocenters. The molecule has 3 rings (SSSR count). The number of nitrogens with zero attached hydrogens (tertiary/aromatic N) is 3. The van der Waals surface area contributed by atoms with Gasteiger partial charge >= 0.3 is 0 Å². The van der Waals surface area contributed by atoms with Gasteiger partial charge in [-0.25, -0.2) is 8.42 Å². The number of rotatable bonds is 5. The van der Waals surface area contributed by atoms with Crippen molar-refractivity contribution in [3.8, 4) is 6.19 Å².